The molecule has 0 bridgehead atoms. The van der Waals surface area contributed by atoms with Crippen molar-refractivity contribution < 1.29 is 4.79 Å². The third-order valence-corrected chi connectivity index (χ3v) is 4.20. The predicted molar refractivity (Wildman–Crippen MR) is 75.8 cm³/mol. The average molecular weight is 271 g/mol. The van der Waals surface area contributed by atoms with E-state index < -0.39 is 0 Å². The van der Waals surface area contributed by atoms with E-state index in [4.69, 9.17) is 0 Å². The first-order valence-corrected chi connectivity index (χ1v) is 6.84. The van der Waals surface area contributed by atoms with Crippen LogP contribution in [0.1, 0.15) is 26.8 Å². The maximum Gasteiger partial charge on any atom is 0.153 e. The van der Waals surface area contributed by atoms with Crippen molar-refractivity contribution in [3.05, 3.63) is 46.2 Å². The van der Waals surface area contributed by atoms with Crippen molar-refractivity contribution >= 4 is 27.8 Å². The molecule has 0 unspecified atom stereocenters. The molecular weight excluding hydrogens is 258 g/mol. The van der Waals surface area contributed by atoms with Gasteiger partial charge in [-0.25, -0.2) is 4.98 Å². The van der Waals surface area contributed by atoms with Crippen LogP contribution in [-0.2, 0) is 6.54 Å². The molecule has 2 heterocycles. The van der Waals surface area contributed by atoms with Crippen LogP contribution in [0.25, 0.3) is 10.2 Å². The number of aldehydes is 1. The third kappa shape index (κ3) is 2.06. The second kappa shape index (κ2) is 4.59. The number of aryl methyl sites for hydroxylation is 1. The van der Waals surface area contributed by atoms with Crippen LogP contribution in [0.2, 0.25) is 0 Å². The predicted octanol–water partition coefficient (Wildman–Crippen LogP) is 2.97. The number of hydrogen-bond acceptors (Lipinski definition) is 4. The fourth-order valence-corrected chi connectivity index (χ4v) is 3.10. The number of fused-ring (bicyclic) bond motifs is 1. The van der Waals surface area contributed by atoms with Crippen molar-refractivity contribution in [2.45, 2.75) is 20.4 Å². The molecule has 0 atom stereocenters. The zero-order valence-electron chi connectivity index (χ0n) is 10.8. The summed E-state index contributed by atoms with van der Waals surface area (Å²) in [6.45, 7) is 4.38. The molecule has 19 heavy (non-hydrogen) atoms. The number of benzene rings is 1. The Bertz CT molecular complexity index is 724. The van der Waals surface area contributed by atoms with E-state index in [-0.39, 0.29) is 0 Å². The number of aromatic nitrogens is 3. The van der Waals surface area contributed by atoms with Gasteiger partial charge in [-0.1, -0.05) is 12.1 Å². The molecule has 3 aromatic rings. The van der Waals surface area contributed by atoms with Gasteiger partial charge in [-0.3, -0.25) is 9.48 Å². The number of para-hydroxylation sites is 1. The molecule has 0 spiro atoms. The summed E-state index contributed by atoms with van der Waals surface area (Å²) in [6, 6.07) is 8.07. The molecule has 4 nitrogen and oxygen atoms in total. The summed E-state index contributed by atoms with van der Waals surface area (Å²) in [5.74, 6) is 0. The lowest BCUT2D eigenvalue weighted by Gasteiger charge is -2.00. The summed E-state index contributed by atoms with van der Waals surface area (Å²) in [5.41, 5.74) is 3.36. The second-order valence-electron chi connectivity index (χ2n) is 4.44. The van der Waals surface area contributed by atoms with Crippen molar-refractivity contribution in [3.63, 3.8) is 0 Å². The van der Waals surface area contributed by atoms with E-state index >= 15 is 0 Å². The van der Waals surface area contributed by atoms with E-state index in [0.717, 1.165) is 28.2 Å². The zero-order valence-corrected chi connectivity index (χ0v) is 11.6. The van der Waals surface area contributed by atoms with Gasteiger partial charge in [0.15, 0.2) is 6.29 Å². The topological polar surface area (TPSA) is 47.8 Å². The summed E-state index contributed by atoms with van der Waals surface area (Å²) in [5, 5.41) is 5.40. The van der Waals surface area contributed by atoms with Crippen molar-refractivity contribution in [1.82, 2.24) is 14.8 Å². The van der Waals surface area contributed by atoms with Crippen LogP contribution in [0.5, 0.6) is 0 Å². The van der Waals surface area contributed by atoms with Crippen LogP contribution in [0.4, 0.5) is 0 Å². The lowest BCUT2D eigenvalue weighted by molar-refractivity contribution is 0.112. The molecule has 0 radical (unpaired) electrons. The Morgan fingerprint density at radius 1 is 1.32 bits per heavy atom. The molecule has 1 aromatic carbocycles. The fraction of sp³-hybridized carbons (Fsp3) is 0.214. The molecule has 0 saturated heterocycles. The number of carbonyl (C=O) groups excluding carboxylic acids is 1. The third-order valence-electron chi connectivity index (χ3n) is 3.18. The first kappa shape index (κ1) is 12.0. The van der Waals surface area contributed by atoms with Gasteiger partial charge in [0.05, 0.1) is 28.0 Å². The number of hydrogen-bond donors (Lipinski definition) is 0. The van der Waals surface area contributed by atoms with E-state index in [1.54, 1.807) is 11.3 Å². The molecular formula is C14H13N3OS. The highest BCUT2D eigenvalue weighted by molar-refractivity contribution is 7.18. The highest BCUT2D eigenvalue weighted by Gasteiger charge is 2.12. The molecule has 0 saturated carbocycles. The van der Waals surface area contributed by atoms with E-state index in [9.17, 15) is 4.79 Å². The Labute approximate surface area is 114 Å². The van der Waals surface area contributed by atoms with Crippen molar-refractivity contribution in [2.24, 2.45) is 0 Å². The molecule has 0 aliphatic carbocycles. The minimum absolute atomic E-state index is 0.611. The van der Waals surface area contributed by atoms with Crippen LogP contribution in [-0.4, -0.2) is 21.1 Å². The normalized spacial score (nSPS) is 11.1. The Morgan fingerprint density at radius 2 is 2.11 bits per heavy atom. The summed E-state index contributed by atoms with van der Waals surface area (Å²) in [6.07, 6.45) is 0.868. The summed E-state index contributed by atoms with van der Waals surface area (Å²) >= 11 is 1.66. The number of nitrogens with zero attached hydrogens (tertiary/aromatic N) is 3. The van der Waals surface area contributed by atoms with Crippen molar-refractivity contribution in [2.75, 3.05) is 0 Å². The van der Waals surface area contributed by atoms with Gasteiger partial charge in [0, 0.05) is 5.69 Å². The van der Waals surface area contributed by atoms with Crippen LogP contribution in [0.3, 0.4) is 0 Å². The molecule has 3 rings (SSSR count). The van der Waals surface area contributed by atoms with Crippen LogP contribution in [0, 0.1) is 13.8 Å². The molecule has 2 aromatic heterocycles. The molecule has 0 aliphatic rings. The van der Waals surface area contributed by atoms with E-state index in [2.05, 4.69) is 16.1 Å². The largest absolute Gasteiger partial charge is 0.298 e. The summed E-state index contributed by atoms with van der Waals surface area (Å²) < 4.78 is 3.02. The van der Waals surface area contributed by atoms with Crippen LogP contribution >= 0.6 is 11.3 Å². The molecule has 96 valence electrons. The molecule has 5 heteroatoms. The molecule has 0 amide bonds. The number of thiazole rings is 1. The Balaban J connectivity index is 1.98. The maximum absolute atomic E-state index is 11.0. The van der Waals surface area contributed by atoms with Gasteiger partial charge in [-0.15, -0.1) is 11.3 Å². The van der Waals surface area contributed by atoms with Crippen molar-refractivity contribution in [3.8, 4) is 0 Å². The van der Waals surface area contributed by atoms with Gasteiger partial charge in [0.2, 0.25) is 0 Å². The highest BCUT2D eigenvalue weighted by atomic mass is 32.1. The van der Waals surface area contributed by atoms with Crippen LogP contribution < -0.4 is 0 Å². The first-order chi connectivity index (χ1) is 9.19. The fourth-order valence-electron chi connectivity index (χ4n) is 2.15. The Morgan fingerprint density at radius 3 is 2.79 bits per heavy atom. The molecule has 0 fully saturated rings. The zero-order chi connectivity index (χ0) is 13.4. The van der Waals surface area contributed by atoms with Crippen molar-refractivity contribution in [1.29, 1.82) is 0 Å². The minimum Gasteiger partial charge on any atom is -0.298 e. The number of rotatable bonds is 3. The first-order valence-electron chi connectivity index (χ1n) is 6.02. The summed E-state index contributed by atoms with van der Waals surface area (Å²) in [7, 11) is 0. The monoisotopic (exact) mass is 271 g/mol. The van der Waals surface area contributed by atoms with Crippen LogP contribution in [0.15, 0.2) is 24.3 Å². The maximum atomic E-state index is 11.0. The molecule has 0 aliphatic heterocycles. The Kier molecular flexibility index (Phi) is 2.91. The number of carbonyl (C=O) groups is 1. The minimum atomic E-state index is 0.611. The lowest BCUT2D eigenvalue weighted by Crippen LogP contribution is -2.03. The highest BCUT2D eigenvalue weighted by Crippen LogP contribution is 2.23. The quantitative estimate of drug-likeness (QED) is 0.688. The average Bonchev–Trinajstić information content (AvgIpc) is 2.91. The standard InChI is InChI=1S/C14H13N3OS/c1-9-11(8-18)10(2)17(16-9)7-14-15-12-5-3-4-6-13(12)19-14/h3-6,8H,7H2,1-2H3. The van der Waals surface area contributed by atoms with Gasteiger partial charge < -0.3 is 0 Å². The second-order valence-corrected chi connectivity index (χ2v) is 5.55. The van der Waals surface area contributed by atoms with E-state index in [1.165, 1.54) is 4.70 Å². The smallest absolute Gasteiger partial charge is 0.153 e. The van der Waals surface area contributed by atoms with E-state index in [1.807, 2.05) is 36.7 Å². The van der Waals surface area contributed by atoms with E-state index in [0.29, 0.717) is 12.1 Å². The summed E-state index contributed by atoms with van der Waals surface area (Å²) in [4.78, 5) is 15.6. The Hall–Kier alpha value is -2.01. The van der Waals surface area contributed by atoms with Gasteiger partial charge in [-0.2, -0.15) is 5.10 Å². The van der Waals surface area contributed by atoms with Gasteiger partial charge in [0.25, 0.3) is 0 Å². The lowest BCUT2D eigenvalue weighted by atomic mass is 10.2. The van der Waals surface area contributed by atoms with Gasteiger partial charge in [-0.05, 0) is 26.0 Å². The van der Waals surface area contributed by atoms with Gasteiger partial charge >= 0.3 is 0 Å². The van der Waals surface area contributed by atoms with Gasteiger partial charge in [0.1, 0.15) is 5.01 Å². The SMILES string of the molecule is Cc1nn(Cc2nc3ccccc3s2)c(C)c1C=O. The molecule has 0 N–H and O–H groups in total.